The van der Waals surface area contributed by atoms with Crippen molar-refractivity contribution < 1.29 is 4.79 Å². The molecule has 0 saturated heterocycles. The van der Waals surface area contributed by atoms with Gasteiger partial charge in [-0.1, -0.05) is 18.7 Å². The molecule has 0 rings (SSSR count). The van der Waals surface area contributed by atoms with Crippen molar-refractivity contribution in [3.05, 3.63) is 24.3 Å². The molecule has 50 valence electrons. The minimum atomic E-state index is -0.131. The van der Waals surface area contributed by atoms with Crippen LogP contribution >= 0.6 is 0 Å². The topological polar surface area (TPSA) is 29.1 Å². The number of hydrogen-bond acceptors (Lipinski definition) is 1. The number of hydrogen-bond donors (Lipinski definition) is 1. The number of allylic oxidation sites excluding steroid dienone is 1. The molecule has 1 N–H and O–H groups in total. The van der Waals surface area contributed by atoms with E-state index in [1.807, 2.05) is 6.92 Å². The van der Waals surface area contributed by atoms with Gasteiger partial charge in [0.2, 0.25) is 5.91 Å². The van der Waals surface area contributed by atoms with Crippen LogP contribution in [0.1, 0.15) is 6.92 Å². The van der Waals surface area contributed by atoms with Crippen molar-refractivity contribution in [3.8, 4) is 0 Å². The zero-order chi connectivity index (χ0) is 7.28. The van der Waals surface area contributed by atoms with Gasteiger partial charge in [0.05, 0.1) is 0 Å². The molecule has 0 aromatic heterocycles. The van der Waals surface area contributed by atoms with Crippen LogP contribution in [0.3, 0.4) is 0 Å². The zero-order valence-electron chi connectivity index (χ0n) is 5.77. The van der Waals surface area contributed by atoms with Gasteiger partial charge in [-0.2, -0.15) is 0 Å². The first kappa shape index (κ1) is 7.95. The molecular weight excluding hydrogens is 114 g/mol. The normalized spacial score (nSPS) is 9.56. The van der Waals surface area contributed by atoms with E-state index in [2.05, 4.69) is 11.9 Å². The summed E-state index contributed by atoms with van der Waals surface area (Å²) in [6.07, 6.45) is 3.44. The molecule has 0 bridgehead atoms. The minimum absolute atomic E-state index is 0.131. The zero-order valence-corrected chi connectivity index (χ0v) is 5.77. The number of carbonyl (C=O) groups excluding carboxylic acids is 1. The number of likely N-dealkylation sites (N-methyl/N-ethyl adjacent to an activating group) is 1. The van der Waals surface area contributed by atoms with Crippen molar-refractivity contribution >= 4 is 5.91 Å². The van der Waals surface area contributed by atoms with Crippen LogP contribution in [-0.2, 0) is 4.79 Å². The number of carbonyl (C=O) groups is 1. The van der Waals surface area contributed by atoms with Crippen molar-refractivity contribution in [1.29, 1.82) is 0 Å². The summed E-state index contributed by atoms with van der Waals surface area (Å²) in [5, 5.41) is 2.46. The maximum Gasteiger partial charge on any atom is 0.250 e. The lowest BCUT2D eigenvalue weighted by Crippen LogP contribution is -2.18. The molecule has 0 aliphatic heterocycles. The molecule has 0 saturated carbocycles. The molecule has 1 amide bonds. The van der Waals surface area contributed by atoms with E-state index in [9.17, 15) is 4.79 Å². The summed E-state index contributed by atoms with van der Waals surface area (Å²) in [7, 11) is 1.58. The molecule has 0 atom stereocenters. The summed E-state index contributed by atoms with van der Waals surface area (Å²) >= 11 is 0. The van der Waals surface area contributed by atoms with Gasteiger partial charge in [0, 0.05) is 12.6 Å². The van der Waals surface area contributed by atoms with Crippen LogP contribution in [0.2, 0.25) is 0 Å². The Balaban J connectivity index is 3.89. The average Bonchev–Trinajstić information content (AvgIpc) is 1.87. The van der Waals surface area contributed by atoms with E-state index in [1.165, 1.54) is 0 Å². The first-order chi connectivity index (χ1) is 4.22. The lowest BCUT2D eigenvalue weighted by atomic mass is 10.2. The molecule has 0 radical (unpaired) electrons. The third-order valence-corrected chi connectivity index (χ3v) is 0.887. The Morgan fingerprint density at radius 1 is 1.67 bits per heavy atom. The summed E-state index contributed by atoms with van der Waals surface area (Å²) in [4.78, 5) is 10.6. The second-order valence-electron chi connectivity index (χ2n) is 1.60. The maximum absolute atomic E-state index is 10.6. The van der Waals surface area contributed by atoms with E-state index in [4.69, 9.17) is 0 Å². The Kier molecular flexibility index (Phi) is 3.44. The molecule has 9 heavy (non-hydrogen) atoms. The fourth-order valence-electron chi connectivity index (χ4n) is 0.437. The highest BCUT2D eigenvalue weighted by Gasteiger charge is 1.96. The number of nitrogens with one attached hydrogen (secondary N) is 1. The Hall–Kier alpha value is -1.05. The fourth-order valence-corrected chi connectivity index (χ4v) is 0.437. The third kappa shape index (κ3) is 2.69. The first-order valence-corrected chi connectivity index (χ1v) is 2.76. The van der Waals surface area contributed by atoms with Crippen molar-refractivity contribution in [3.63, 3.8) is 0 Å². The second kappa shape index (κ2) is 3.89. The molecule has 0 unspecified atom stereocenters. The predicted octanol–water partition coefficient (Wildman–Crippen LogP) is 0.865. The van der Waals surface area contributed by atoms with E-state index in [1.54, 1.807) is 19.2 Å². The summed E-state index contributed by atoms with van der Waals surface area (Å²) in [6.45, 7) is 5.36. The lowest BCUT2D eigenvalue weighted by molar-refractivity contribution is -0.116. The van der Waals surface area contributed by atoms with Gasteiger partial charge in [-0.15, -0.1) is 0 Å². The Morgan fingerprint density at radius 2 is 2.22 bits per heavy atom. The van der Waals surface area contributed by atoms with Gasteiger partial charge in [-0.25, -0.2) is 0 Å². The smallest absolute Gasteiger partial charge is 0.250 e. The molecule has 0 aromatic rings. The maximum atomic E-state index is 10.6. The Labute approximate surface area is 55.3 Å². The van der Waals surface area contributed by atoms with Crippen LogP contribution < -0.4 is 5.32 Å². The van der Waals surface area contributed by atoms with Crippen molar-refractivity contribution in [2.24, 2.45) is 0 Å². The summed E-state index contributed by atoms with van der Waals surface area (Å²) < 4.78 is 0. The number of amides is 1. The second-order valence-corrected chi connectivity index (χ2v) is 1.60. The van der Waals surface area contributed by atoms with Crippen molar-refractivity contribution in [2.45, 2.75) is 6.92 Å². The molecule has 0 spiro atoms. The van der Waals surface area contributed by atoms with E-state index < -0.39 is 0 Å². The van der Waals surface area contributed by atoms with Crippen LogP contribution in [0.5, 0.6) is 0 Å². The molecule has 0 fully saturated rings. The Bertz CT molecular complexity index is 147. The first-order valence-electron chi connectivity index (χ1n) is 2.76. The van der Waals surface area contributed by atoms with Gasteiger partial charge < -0.3 is 5.32 Å². The lowest BCUT2D eigenvalue weighted by Gasteiger charge is -1.94. The standard InChI is InChI=1S/C7H11NO/c1-4-5-6(2)7(9)8-3/h4-5H,2H2,1,3H3,(H,8,9). The molecule has 0 heterocycles. The van der Waals surface area contributed by atoms with Gasteiger partial charge in [-0.3, -0.25) is 4.79 Å². The van der Waals surface area contributed by atoms with Gasteiger partial charge >= 0.3 is 0 Å². The van der Waals surface area contributed by atoms with Gasteiger partial charge in [-0.05, 0) is 6.92 Å². The summed E-state index contributed by atoms with van der Waals surface area (Å²) in [5.74, 6) is -0.131. The largest absolute Gasteiger partial charge is 0.355 e. The predicted molar refractivity (Wildman–Crippen MR) is 38.0 cm³/mol. The van der Waals surface area contributed by atoms with E-state index in [-0.39, 0.29) is 5.91 Å². The van der Waals surface area contributed by atoms with Gasteiger partial charge in [0.1, 0.15) is 0 Å². The monoisotopic (exact) mass is 125 g/mol. The van der Waals surface area contributed by atoms with Crippen LogP contribution in [-0.4, -0.2) is 13.0 Å². The number of rotatable bonds is 2. The molecule has 2 nitrogen and oxygen atoms in total. The van der Waals surface area contributed by atoms with Crippen molar-refractivity contribution in [1.82, 2.24) is 5.32 Å². The highest BCUT2D eigenvalue weighted by Crippen LogP contribution is 1.90. The Morgan fingerprint density at radius 3 is 2.56 bits per heavy atom. The van der Waals surface area contributed by atoms with Crippen molar-refractivity contribution in [2.75, 3.05) is 7.05 Å². The molecule has 0 aromatic carbocycles. The highest BCUT2D eigenvalue weighted by molar-refractivity contribution is 5.95. The minimum Gasteiger partial charge on any atom is -0.355 e. The van der Waals surface area contributed by atoms with Crippen LogP contribution in [0.25, 0.3) is 0 Å². The SMILES string of the molecule is C=C(C=CC)C(=O)NC. The van der Waals surface area contributed by atoms with Crippen LogP contribution in [0.4, 0.5) is 0 Å². The summed E-state index contributed by atoms with van der Waals surface area (Å²) in [6, 6.07) is 0. The van der Waals surface area contributed by atoms with Crippen LogP contribution in [0.15, 0.2) is 24.3 Å². The molecular formula is C7H11NO. The van der Waals surface area contributed by atoms with E-state index in [0.29, 0.717) is 5.57 Å². The van der Waals surface area contributed by atoms with Gasteiger partial charge in [0.15, 0.2) is 0 Å². The quantitative estimate of drug-likeness (QED) is 0.430. The van der Waals surface area contributed by atoms with Crippen LogP contribution in [0, 0.1) is 0 Å². The average molecular weight is 125 g/mol. The summed E-state index contributed by atoms with van der Waals surface area (Å²) in [5.41, 5.74) is 0.486. The van der Waals surface area contributed by atoms with E-state index in [0.717, 1.165) is 0 Å². The molecule has 0 aliphatic rings. The molecule has 0 aliphatic carbocycles. The fraction of sp³-hybridized carbons (Fsp3) is 0.286. The third-order valence-electron chi connectivity index (χ3n) is 0.887. The highest BCUT2D eigenvalue weighted by atomic mass is 16.1. The molecule has 2 heteroatoms. The van der Waals surface area contributed by atoms with E-state index >= 15 is 0 Å². The van der Waals surface area contributed by atoms with Gasteiger partial charge in [0.25, 0.3) is 0 Å².